The number of fused-ring (bicyclic) bond motifs is 7. The molecule has 202 valence electrons. The molecule has 0 fully saturated rings. The molecular weight excluding hydrogens is 522 g/mol. The first-order chi connectivity index (χ1) is 21.2. The topological polar surface area (TPSA) is 37.0 Å². The number of furan rings is 1. The monoisotopic (exact) mass is 549 g/mol. The summed E-state index contributed by atoms with van der Waals surface area (Å²) in [4.78, 5) is 0. The van der Waals surface area contributed by atoms with Crippen LogP contribution in [0, 0.1) is 5.41 Å². The Balaban J connectivity index is 1.20. The van der Waals surface area contributed by atoms with Gasteiger partial charge in [0.15, 0.2) is 0 Å². The lowest BCUT2D eigenvalue weighted by Crippen LogP contribution is -2.00. The maximum Gasteiger partial charge on any atom is 0.143 e. The van der Waals surface area contributed by atoms with Gasteiger partial charge in [0, 0.05) is 21.7 Å². The van der Waals surface area contributed by atoms with Gasteiger partial charge in [-0.15, -0.1) is 0 Å². The van der Waals surface area contributed by atoms with Crippen molar-refractivity contribution in [3.63, 3.8) is 0 Å². The molecule has 8 aromatic rings. The molecule has 43 heavy (non-hydrogen) atoms. The van der Waals surface area contributed by atoms with E-state index in [-0.39, 0.29) is 0 Å². The van der Waals surface area contributed by atoms with E-state index in [4.69, 9.17) is 4.42 Å². The van der Waals surface area contributed by atoms with Crippen LogP contribution in [0.1, 0.15) is 11.1 Å². The van der Waals surface area contributed by atoms with E-state index in [2.05, 4.69) is 122 Å². The van der Waals surface area contributed by atoms with Gasteiger partial charge in [-0.3, -0.25) is 0 Å². The fourth-order valence-corrected chi connectivity index (χ4v) is 6.40. The summed E-state index contributed by atoms with van der Waals surface area (Å²) in [6, 6.07) is 46.2. The molecule has 0 radical (unpaired) electrons. The van der Waals surface area contributed by atoms with Gasteiger partial charge < -0.3 is 9.83 Å². The van der Waals surface area contributed by atoms with Crippen molar-refractivity contribution in [3.05, 3.63) is 163 Å². The van der Waals surface area contributed by atoms with Crippen LogP contribution >= 0.6 is 0 Å². The standard InChI is InChI=1S/C41H27NO/c1-26(29-21-22-31-36-23-20-27-11-5-6-14-30(27)41(36)43-38(31)25-29)19-24-37(42)40-34-17-9-7-15-32(34)39(28-12-3-2-4-13-28)33-16-8-10-18-35(33)40/h2-25,42H,1H2/b24-19-,42-37?. The lowest BCUT2D eigenvalue weighted by molar-refractivity contribution is 0.672. The molecule has 0 atom stereocenters. The molecule has 1 heterocycles. The van der Waals surface area contributed by atoms with Gasteiger partial charge in [-0.2, -0.15) is 0 Å². The van der Waals surface area contributed by atoms with Gasteiger partial charge in [0.1, 0.15) is 11.2 Å². The first-order valence-corrected chi connectivity index (χ1v) is 14.5. The van der Waals surface area contributed by atoms with E-state index >= 15 is 0 Å². The molecule has 2 heteroatoms. The zero-order chi connectivity index (χ0) is 28.9. The largest absolute Gasteiger partial charge is 0.455 e. The van der Waals surface area contributed by atoms with Gasteiger partial charge in [-0.1, -0.05) is 128 Å². The van der Waals surface area contributed by atoms with E-state index in [1.54, 1.807) is 0 Å². The molecule has 0 aliphatic heterocycles. The molecular formula is C41H27NO. The van der Waals surface area contributed by atoms with Gasteiger partial charge in [0.2, 0.25) is 0 Å². The third-order valence-electron chi connectivity index (χ3n) is 8.45. The van der Waals surface area contributed by atoms with Gasteiger partial charge in [-0.25, -0.2) is 0 Å². The molecule has 0 saturated heterocycles. The summed E-state index contributed by atoms with van der Waals surface area (Å²) in [6.45, 7) is 4.35. The Morgan fingerprint density at radius 2 is 1.16 bits per heavy atom. The second kappa shape index (κ2) is 9.97. The molecule has 1 aromatic heterocycles. The highest BCUT2D eigenvalue weighted by Crippen LogP contribution is 2.40. The van der Waals surface area contributed by atoms with Crippen LogP contribution in [0.2, 0.25) is 0 Å². The van der Waals surface area contributed by atoms with Crippen molar-refractivity contribution in [3.8, 4) is 11.1 Å². The van der Waals surface area contributed by atoms with Crippen LogP contribution in [0.15, 0.2) is 157 Å². The maximum absolute atomic E-state index is 9.26. The van der Waals surface area contributed by atoms with E-state index in [1.165, 1.54) is 11.1 Å². The highest BCUT2D eigenvalue weighted by Gasteiger charge is 2.17. The lowest BCUT2D eigenvalue weighted by Gasteiger charge is -2.17. The zero-order valence-electron chi connectivity index (χ0n) is 23.5. The van der Waals surface area contributed by atoms with Crippen LogP contribution in [0.25, 0.3) is 71.0 Å². The number of nitrogens with one attached hydrogen (secondary N) is 1. The molecule has 0 aliphatic carbocycles. The van der Waals surface area contributed by atoms with Crippen molar-refractivity contribution in [2.24, 2.45) is 0 Å². The number of hydrogen-bond acceptors (Lipinski definition) is 2. The normalized spacial score (nSPS) is 11.8. The van der Waals surface area contributed by atoms with Crippen molar-refractivity contribution in [2.45, 2.75) is 0 Å². The Morgan fingerprint density at radius 3 is 1.88 bits per heavy atom. The van der Waals surface area contributed by atoms with E-state index < -0.39 is 0 Å². The predicted octanol–water partition coefficient (Wildman–Crippen LogP) is 11.4. The molecule has 2 nitrogen and oxygen atoms in total. The maximum atomic E-state index is 9.26. The van der Waals surface area contributed by atoms with Crippen molar-refractivity contribution >= 4 is 65.5 Å². The SMILES string of the molecule is C=C(/C=C\C(=N)c1c2ccccc2c(-c2ccccc2)c2ccccc12)c1ccc2c(c1)oc1c3ccccc3ccc21. The van der Waals surface area contributed by atoms with Crippen LogP contribution in [-0.2, 0) is 0 Å². The first kappa shape index (κ1) is 25.0. The van der Waals surface area contributed by atoms with Gasteiger partial charge in [0.25, 0.3) is 0 Å². The van der Waals surface area contributed by atoms with Gasteiger partial charge >= 0.3 is 0 Å². The quantitative estimate of drug-likeness (QED) is 0.129. The fraction of sp³-hybridized carbons (Fsp3) is 0. The summed E-state index contributed by atoms with van der Waals surface area (Å²) in [5, 5.41) is 18.2. The molecule has 0 bridgehead atoms. The minimum atomic E-state index is 0.449. The molecule has 0 amide bonds. The van der Waals surface area contributed by atoms with Crippen molar-refractivity contribution in [2.75, 3.05) is 0 Å². The number of hydrogen-bond donors (Lipinski definition) is 1. The summed E-state index contributed by atoms with van der Waals surface area (Å²) >= 11 is 0. The van der Waals surface area contributed by atoms with Crippen LogP contribution in [0.5, 0.6) is 0 Å². The summed E-state index contributed by atoms with van der Waals surface area (Å²) in [5.74, 6) is 0. The number of benzene rings is 7. The van der Waals surface area contributed by atoms with Crippen LogP contribution in [0.3, 0.4) is 0 Å². The van der Waals surface area contributed by atoms with E-state index in [1.807, 2.05) is 30.4 Å². The number of rotatable bonds is 5. The Morgan fingerprint density at radius 1 is 0.558 bits per heavy atom. The van der Waals surface area contributed by atoms with Crippen molar-refractivity contribution in [1.82, 2.24) is 0 Å². The minimum absolute atomic E-state index is 0.449. The second-order valence-electron chi connectivity index (χ2n) is 11.0. The predicted molar refractivity (Wildman–Crippen MR) is 183 cm³/mol. The second-order valence-corrected chi connectivity index (χ2v) is 11.0. The smallest absolute Gasteiger partial charge is 0.143 e. The third-order valence-corrected chi connectivity index (χ3v) is 8.45. The van der Waals surface area contributed by atoms with E-state index in [0.29, 0.717) is 5.71 Å². The summed E-state index contributed by atoms with van der Waals surface area (Å²) in [7, 11) is 0. The Labute approximate surface area is 249 Å². The summed E-state index contributed by atoms with van der Waals surface area (Å²) < 4.78 is 6.39. The summed E-state index contributed by atoms with van der Waals surface area (Å²) in [5.41, 5.74) is 7.28. The zero-order valence-corrected chi connectivity index (χ0v) is 23.5. The van der Waals surface area contributed by atoms with Crippen molar-refractivity contribution in [1.29, 1.82) is 5.41 Å². The number of allylic oxidation sites excluding steroid dienone is 3. The Hall–Kier alpha value is -5.73. The molecule has 7 aromatic carbocycles. The fourth-order valence-electron chi connectivity index (χ4n) is 6.40. The van der Waals surface area contributed by atoms with Crippen LogP contribution in [0.4, 0.5) is 0 Å². The summed E-state index contributed by atoms with van der Waals surface area (Å²) in [6.07, 6.45) is 3.81. The average Bonchev–Trinajstić information content (AvgIpc) is 3.45. The molecule has 0 saturated carbocycles. The van der Waals surface area contributed by atoms with Crippen molar-refractivity contribution < 1.29 is 4.42 Å². The van der Waals surface area contributed by atoms with Gasteiger partial charge in [-0.05, 0) is 73.5 Å². The lowest BCUT2D eigenvalue weighted by atomic mass is 9.86. The molecule has 0 spiro atoms. The molecule has 1 N–H and O–H groups in total. The third kappa shape index (κ3) is 4.07. The van der Waals surface area contributed by atoms with E-state index in [9.17, 15) is 5.41 Å². The highest BCUT2D eigenvalue weighted by molar-refractivity contribution is 6.28. The first-order valence-electron chi connectivity index (χ1n) is 14.5. The van der Waals surface area contributed by atoms with Crippen LogP contribution in [-0.4, -0.2) is 5.71 Å². The Kier molecular flexibility index (Phi) is 5.80. The van der Waals surface area contributed by atoms with Crippen LogP contribution < -0.4 is 0 Å². The molecule has 0 unspecified atom stereocenters. The van der Waals surface area contributed by atoms with E-state index in [0.717, 1.165) is 71.0 Å². The molecule has 0 aliphatic rings. The molecule has 8 rings (SSSR count). The highest BCUT2D eigenvalue weighted by atomic mass is 16.3. The minimum Gasteiger partial charge on any atom is -0.455 e. The Bertz CT molecular complexity index is 2370. The van der Waals surface area contributed by atoms with Gasteiger partial charge in [0.05, 0.1) is 5.71 Å². The average molecular weight is 550 g/mol.